The fourth-order valence-electron chi connectivity index (χ4n) is 2.04. The number of rotatable bonds is 1. The summed E-state index contributed by atoms with van der Waals surface area (Å²) in [5.41, 5.74) is 1.29. The Morgan fingerprint density at radius 3 is 3.13 bits per heavy atom. The van der Waals surface area contributed by atoms with Crippen molar-refractivity contribution in [3.8, 4) is 0 Å². The van der Waals surface area contributed by atoms with Gasteiger partial charge < -0.3 is 4.90 Å². The monoisotopic (exact) mass is 243 g/mol. The zero-order valence-corrected chi connectivity index (χ0v) is 10.4. The molecule has 2 unspecified atom stereocenters. The van der Waals surface area contributed by atoms with Crippen LogP contribution in [-0.4, -0.2) is 22.7 Å². The minimum atomic E-state index is -0.423. The Kier molecular flexibility index (Phi) is 3.03. The van der Waals surface area contributed by atoms with Crippen LogP contribution in [0.5, 0.6) is 0 Å². The molecule has 2 atom stereocenters. The number of fused-ring (bicyclic) bond motifs is 1. The van der Waals surface area contributed by atoms with E-state index < -0.39 is 5.38 Å². The molecule has 0 saturated carbocycles. The van der Waals surface area contributed by atoms with Crippen LogP contribution in [0.3, 0.4) is 0 Å². The third kappa shape index (κ3) is 1.91. The van der Waals surface area contributed by atoms with Gasteiger partial charge in [0.05, 0.1) is 6.04 Å². The highest BCUT2D eigenvalue weighted by Crippen LogP contribution is 2.33. The molecule has 1 aromatic heterocycles. The molecule has 0 aliphatic carbocycles. The highest BCUT2D eigenvalue weighted by molar-refractivity contribution is 7.10. The molecule has 0 saturated heterocycles. The standard InChI is InChI=1S/C11H14ClNOS/c1-7(12)11(14)13-5-3-10-9(8(13)2)4-6-15-10/h4,6-8H,3,5H2,1-2H3. The van der Waals surface area contributed by atoms with Gasteiger partial charge in [-0.2, -0.15) is 0 Å². The minimum absolute atomic E-state index is 0.0426. The minimum Gasteiger partial charge on any atom is -0.334 e. The largest absolute Gasteiger partial charge is 0.334 e. The summed E-state index contributed by atoms with van der Waals surface area (Å²) in [5, 5.41) is 1.67. The van der Waals surface area contributed by atoms with Crippen LogP contribution in [0.25, 0.3) is 0 Å². The van der Waals surface area contributed by atoms with Crippen LogP contribution in [0.2, 0.25) is 0 Å². The maximum absolute atomic E-state index is 11.8. The molecule has 0 spiro atoms. The topological polar surface area (TPSA) is 20.3 Å². The Morgan fingerprint density at radius 2 is 2.47 bits per heavy atom. The van der Waals surface area contributed by atoms with E-state index in [0.29, 0.717) is 0 Å². The molecule has 1 amide bonds. The van der Waals surface area contributed by atoms with Crippen molar-refractivity contribution in [2.24, 2.45) is 0 Å². The second-order valence-electron chi connectivity index (χ2n) is 3.87. The zero-order chi connectivity index (χ0) is 11.0. The smallest absolute Gasteiger partial charge is 0.240 e. The molecule has 1 aromatic rings. The molecule has 0 fully saturated rings. The van der Waals surface area contributed by atoms with Crippen LogP contribution in [0.4, 0.5) is 0 Å². The molecule has 0 radical (unpaired) electrons. The summed E-state index contributed by atoms with van der Waals surface area (Å²) < 4.78 is 0. The number of hydrogen-bond donors (Lipinski definition) is 0. The first-order chi connectivity index (χ1) is 7.11. The maximum atomic E-state index is 11.8. The van der Waals surface area contributed by atoms with E-state index in [9.17, 15) is 4.79 Å². The second-order valence-corrected chi connectivity index (χ2v) is 5.53. The predicted molar refractivity (Wildman–Crippen MR) is 63.5 cm³/mol. The molecule has 4 heteroatoms. The van der Waals surface area contributed by atoms with E-state index >= 15 is 0 Å². The van der Waals surface area contributed by atoms with Gasteiger partial charge in [0.15, 0.2) is 0 Å². The summed E-state index contributed by atoms with van der Waals surface area (Å²) in [6.45, 7) is 4.60. The molecule has 82 valence electrons. The number of thiophene rings is 1. The number of halogens is 1. The molecule has 1 aliphatic rings. The number of hydrogen-bond acceptors (Lipinski definition) is 2. The molecule has 15 heavy (non-hydrogen) atoms. The third-order valence-electron chi connectivity index (χ3n) is 2.90. The van der Waals surface area contributed by atoms with Gasteiger partial charge in [-0.25, -0.2) is 0 Å². The Balaban J connectivity index is 2.23. The molecule has 2 nitrogen and oxygen atoms in total. The highest BCUT2D eigenvalue weighted by atomic mass is 35.5. The van der Waals surface area contributed by atoms with Gasteiger partial charge in [-0.05, 0) is 37.3 Å². The summed E-state index contributed by atoms with van der Waals surface area (Å²) in [4.78, 5) is 15.1. The van der Waals surface area contributed by atoms with Crippen molar-refractivity contribution in [3.05, 3.63) is 21.9 Å². The summed E-state index contributed by atoms with van der Waals surface area (Å²) in [5.74, 6) is 0.0426. The highest BCUT2D eigenvalue weighted by Gasteiger charge is 2.29. The normalized spacial score (nSPS) is 22.3. The number of alkyl halides is 1. The molecular formula is C11H14ClNOS. The lowest BCUT2D eigenvalue weighted by molar-refractivity contribution is -0.133. The van der Waals surface area contributed by atoms with Gasteiger partial charge in [-0.15, -0.1) is 22.9 Å². The second kappa shape index (κ2) is 4.14. The average Bonchev–Trinajstić information content (AvgIpc) is 2.66. The van der Waals surface area contributed by atoms with Crippen LogP contribution in [-0.2, 0) is 11.2 Å². The maximum Gasteiger partial charge on any atom is 0.240 e. The summed E-state index contributed by atoms with van der Waals surface area (Å²) in [7, 11) is 0. The van der Waals surface area contributed by atoms with Gasteiger partial charge in [-0.3, -0.25) is 4.79 Å². The Morgan fingerprint density at radius 1 is 1.73 bits per heavy atom. The summed E-state index contributed by atoms with van der Waals surface area (Å²) >= 11 is 7.62. The molecule has 2 rings (SSSR count). The molecule has 0 N–H and O–H groups in total. The SMILES string of the molecule is CC(Cl)C(=O)N1CCc2sccc2C1C. The van der Waals surface area contributed by atoms with Gasteiger partial charge in [0.1, 0.15) is 5.38 Å². The van der Waals surface area contributed by atoms with Crippen molar-refractivity contribution < 1.29 is 4.79 Å². The average molecular weight is 244 g/mol. The van der Waals surface area contributed by atoms with E-state index in [-0.39, 0.29) is 11.9 Å². The molecule has 0 aromatic carbocycles. The van der Waals surface area contributed by atoms with Crippen molar-refractivity contribution in [1.82, 2.24) is 4.90 Å². The number of carbonyl (C=O) groups excluding carboxylic acids is 1. The fourth-order valence-corrected chi connectivity index (χ4v) is 3.13. The van der Waals surface area contributed by atoms with Crippen molar-refractivity contribution >= 4 is 28.8 Å². The van der Waals surface area contributed by atoms with E-state index in [0.717, 1.165) is 13.0 Å². The molecule has 2 heterocycles. The number of carbonyl (C=O) groups is 1. The van der Waals surface area contributed by atoms with Gasteiger partial charge in [0, 0.05) is 11.4 Å². The summed E-state index contributed by atoms with van der Waals surface area (Å²) in [6.07, 6.45) is 0.965. The van der Waals surface area contributed by atoms with Crippen LogP contribution in [0, 0.1) is 0 Å². The number of amides is 1. The quantitative estimate of drug-likeness (QED) is 0.695. The lowest BCUT2D eigenvalue weighted by Gasteiger charge is -2.34. The molecular weight excluding hydrogens is 230 g/mol. The van der Waals surface area contributed by atoms with Crippen molar-refractivity contribution in [2.45, 2.75) is 31.7 Å². The van der Waals surface area contributed by atoms with Gasteiger partial charge in [0.2, 0.25) is 5.91 Å². The first kappa shape index (κ1) is 11.0. The van der Waals surface area contributed by atoms with E-state index in [2.05, 4.69) is 18.4 Å². The fraction of sp³-hybridized carbons (Fsp3) is 0.545. The Bertz CT molecular complexity index is 374. The lowest BCUT2D eigenvalue weighted by Crippen LogP contribution is -2.41. The third-order valence-corrected chi connectivity index (χ3v) is 4.08. The van der Waals surface area contributed by atoms with Crippen LogP contribution < -0.4 is 0 Å². The summed E-state index contributed by atoms with van der Waals surface area (Å²) in [6, 6.07) is 2.29. The number of nitrogens with zero attached hydrogens (tertiary/aromatic N) is 1. The first-order valence-corrected chi connectivity index (χ1v) is 6.43. The Hall–Kier alpha value is -0.540. The van der Waals surface area contributed by atoms with Crippen LogP contribution >= 0.6 is 22.9 Å². The van der Waals surface area contributed by atoms with E-state index in [1.807, 2.05) is 4.90 Å². The zero-order valence-electron chi connectivity index (χ0n) is 8.87. The first-order valence-electron chi connectivity index (χ1n) is 5.12. The van der Waals surface area contributed by atoms with Crippen molar-refractivity contribution in [2.75, 3.05) is 6.54 Å². The Labute approximate surface area is 98.8 Å². The molecule has 0 bridgehead atoms. The predicted octanol–water partition coefficient (Wildman–Crippen LogP) is 2.82. The molecule has 1 aliphatic heterocycles. The van der Waals surface area contributed by atoms with Crippen LogP contribution in [0.1, 0.15) is 30.3 Å². The van der Waals surface area contributed by atoms with E-state index in [1.54, 1.807) is 18.3 Å². The van der Waals surface area contributed by atoms with E-state index in [1.165, 1.54) is 10.4 Å². The van der Waals surface area contributed by atoms with Crippen molar-refractivity contribution in [1.29, 1.82) is 0 Å². The lowest BCUT2D eigenvalue weighted by atomic mass is 10.0. The van der Waals surface area contributed by atoms with Gasteiger partial charge >= 0.3 is 0 Å². The van der Waals surface area contributed by atoms with Gasteiger partial charge in [0.25, 0.3) is 0 Å². The van der Waals surface area contributed by atoms with E-state index in [4.69, 9.17) is 11.6 Å². The van der Waals surface area contributed by atoms with Crippen LogP contribution in [0.15, 0.2) is 11.4 Å². The van der Waals surface area contributed by atoms with Gasteiger partial charge in [-0.1, -0.05) is 0 Å². The van der Waals surface area contributed by atoms with Crippen molar-refractivity contribution in [3.63, 3.8) is 0 Å².